The molecule has 3 aromatic rings. The van der Waals surface area contributed by atoms with Gasteiger partial charge in [-0.15, -0.1) is 24.0 Å². The number of ether oxygens (including phenoxy) is 2. The lowest BCUT2D eigenvalue weighted by Gasteiger charge is -2.12. The zero-order valence-electron chi connectivity index (χ0n) is 19.8. The van der Waals surface area contributed by atoms with Crippen molar-refractivity contribution in [2.45, 2.75) is 11.1 Å². The van der Waals surface area contributed by atoms with Gasteiger partial charge in [0.2, 0.25) is 0 Å². The lowest BCUT2D eigenvalue weighted by Crippen LogP contribution is -2.37. The van der Waals surface area contributed by atoms with Crippen LogP contribution in [0, 0.1) is 6.92 Å². The highest BCUT2D eigenvalue weighted by Crippen LogP contribution is 2.28. The summed E-state index contributed by atoms with van der Waals surface area (Å²) in [6.07, 6.45) is 3.11. The fourth-order valence-electron chi connectivity index (χ4n) is 2.43. The minimum absolute atomic E-state index is 0.161. The number of hydrogen-bond donors (Lipinski definition) is 6. The first kappa shape index (κ1) is 29.7. The van der Waals surface area contributed by atoms with E-state index < -0.39 is 5.91 Å². The maximum Gasteiger partial charge on any atom is 0.264 e. The van der Waals surface area contributed by atoms with Gasteiger partial charge in [-0.1, -0.05) is 12.1 Å². The molecule has 0 atom stereocenters. The van der Waals surface area contributed by atoms with Crippen LogP contribution in [0.1, 0.15) is 5.56 Å². The van der Waals surface area contributed by atoms with Gasteiger partial charge >= 0.3 is 0 Å². The molecule has 8 N–H and O–H groups in total. The molecule has 35 heavy (non-hydrogen) atoms. The van der Waals surface area contributed by atoms with Crippen molar-refractivity contribution in [3.8, 4) is 22.1 Å². The van der Waals surface area contributed by atoms with E-state index in [0.29, 0.717) is 5.70 Å². The van der Waals surface area contributed by atoms with Gasteiger partial charge in [0.25, 0.3) is 5.91 Å². The number of nitrogens with zero attached hydrogens (tertiary/aromatic N) is 2. The maximum absolute atomic E-state index is 10.5. The number of pyridine rings is 1. The quantitative estimate of drug-likeness (QED) is 0.119. The molecule has 0 saturated heterocycles. The Morgan fingerprint density at radius 3 is 2.43 bits per heavy atom. The molecule has 0 radical (unpaired) electrons. The van der Waals surface area contributed by atoms with Crippen molar-refractivity contribution in [1.29, 1.82) is 0 Å². The van der Waals surface area contributed by atoms with Gasteiger partial charge in [-0.25, -0.2) is 11.3 Å². The molecule has 0 aliphatic rings. The van der Waals surface area contributed by atoms with Crippen LogP contribution in [0.25, 0.3) is 10.6 Å². The van der Waals surface area contributed by atoms with Crippen LogP contribution in [0.4, 0.5) is 0 Å². The Hall–Kier alpha value is -3.29. The largest absolute Gasteiger partial charge is 0.493 e. The summed E-state index contributed by atoms with van der Waals surface area (Å²) >= 11 is 5.89. The van der Waals surface area contributed by atoms with Crippen LogP contribution in [0.3, 0.4) is 0 Å². The van der Waals surface area contributed by atoms with Crippen molar-refractivity contribution in [3.63, 3.8) is 0 Å². The van der Waals surface area contributed by atoms with Gasteiger partial charge in [0, 0.05) is 24.6 Å². The number of aromatic nitrogens is 1. The zero-order valence-corrected chi connectivity index (χ0v) is 21.6. The Morgan fingerprint density at radius 1 is 1.20 bits per heavy atom. The third kappa shape index (κ3) is 11.6. The number of carbonyl (C=O) groups excluding carboxylic acids is 1. The Labute approximate surface area is 214 Å². The van der Waals surface area contributed by atoms with E-state index in [2.05, 4.69) is 17.6 Å². The van der Waals surface area contributed by atoms with Crippen LogP contribution in [-0.2, 0) is 4.79 Å². The van der Waals surface area contributed by atoms with Gasteiger partial charge in [0.1, 0.15) is 6.54 Å². The topological polar surface area (TPSA) is 162 Å². The van der Waals surface area contributed by atoms with Crippen molar-refractivity contribution in [2.24, 2.45) is 17.3 Å². The predicted molar refractivity (Wildman–Crippen MR) is 141 cm³/mol. The van der Waals surface area contributed by atoms with Gasteiger partial charge < -0.3 is 25.9 Å². The first-order valence-electron chi connectivity index (χ1n) is 10.2. The van der Waals surface area contributed by atoms with Crippen LogP contribution < -0.4 is 32.3 Å². The third-order valence-electron chi connectivity index (χ3n) is 4.07. The maximum atomic E-state index is 10.5. The molecule has 3 rings (SSSR count). The smallest absolute Gasteiger partial charge is 0.264 e. The molecule has 2 heterocycles. The number of carbonyl (C=O) groups is 1. The zero-order chi connectivity index (χ0) is 26.2. The second-order valence-electron chi connectivity index (χ2n) is 6.83. The Morgan fingerprint density at radius 2 is 1.91 bits per heavy atom. The minimum atomic E-state index is -0.626. The highest BCUT2D eigenvalue weighted by molar-refractivity contribution is 7.83. The average molecular weight is 521 g/mol. The van der Waals surface area contributed by atoms with Gasteiger partial charge in [-0.3, -0.25) is 15.0 Å². The Bertz CT molecular complexity index is 1060. The summed E-state index contributed by atoms with van der Waals surface area (Å²) in [4.78, 5) is 15.9. The SMILES string of the molecule is COc1ccc(C)cc1OC.NC/C(N)=C/N(N)CC(=O)NO.Sc1ccc(-c2ccccn2)s1. The fourth-order valence-corrected chi connectivity index (χ4v) is 3.52. The minimum Gasteiger partial charge on any atom is -0.493 e. The van der Waals surface area contributed by atoms with Gasteiger partial charge in [-0.2, -0.15) is 0 Å². The predicted octanol–water partition coefficient (Wildman–Crippen LogP) is 2.54. The van der Waals surface area contributed by atoms with Gasteiger partial charge in [0.05, 0.1) is 29.0 Å². The second-order valence-corrected chi connectivity index (χ2v) is 8.69. The molecule has 10 nitrogen and oxygen atoms in total. The molecule has 0 unspecified atom stereocenters. The molecule has 1 aromatic carbocycles. The monoisotopic (exact) mass is 520 g/mol. The van der Waals surface area contributed by atoms with E-state index >= 15 is 0 Å². The summed E-state index contributed by atoms with van der Waals surface area (Å²) in [5.41, 5.74) is 14.4. The molecule has 0 aliphatic heterocycles. The molecule has 0 spiro atoms. The highest BCUT2D eigenvalue weighted by atomic mass is 32.2. The summed E-state index contributed by atoms with van der Waals surface area (Å²) in [5.74, 6) is 6.21. The number of hydroxylamine groups is 1. The summed E-state index contributed by atoms with van der Waals surface area (Å²) in [7, 11) is 3.27. The number of rotatable bonds is 7. The number of nitrogens with one attached hydrogen (secondary N) is 1. The van der Waals surface area contributed by atoms with Gasteiger partial charge in [-0.05, 0) is 48.9 Å². The van der Waals surface area contributed by atoms with Crippen LogP contribution in [-0.4, -0.2) is 48.4 Å². The van der Waals surface area contributed by atoms with E-state index in [9.17, 15) is 4.79 Å². The molecule has 190 valence electrons. The summed E-state index contributed by atoms with van der Waals surface area (Å²) in [6, 6.07) is 15.7. The normalized spacial score (nSPS) is 10.2. The van der Waals surface area contributed by atoms with Crippen molar-refractivity contribution < 1.29 is 19.5 Å². The molecule has 0 bridgehead atoms. The summed E-state index contributed by atoms with van der Waals surface area (Å²) < 4.78 is 11.2. The van der Waals surface area contributed by atoms with E-state index in [-0.39, 0.29) is 13.1 Å². The number of aryl methyl sites for hydroxylation is 1. The average Bonchev–Trinajstić information content (AvgIpc) is 3.31. The highest BCUT2D eigenvalue weighted by Gasteiger charge is 2.02. The number of hydrazine groups is 1. The first-order valence-corrected chi connectivity index (χ1v) is 11.5. The fraction of sp³-hybridized carbons (Fsp3) is 0.217. The lowest BCUT2D eigenvalue weighted by atomic mass is 10.2. The number of methoxy groups -OCH3 is 2. The Kier molecular flexibility index (Phi) is 13.9. The van der Waals surface area contributed by atoms with Crippen LogP contribution in [0.15, 0.2) is 70.8 Å². The number of amides is 1. The number of hydrogen-bond acceptors (Lipinski definition) is 11. The molecule has 1 amide bonds. The van der Waals surface area contributed by atoms with Gasteiger partial charge in [0.15, 0.2) is 11.5 Å². The van der Waals surface area contributed by atoms with E-state index in [4.69, 9.17) is 32.0 Å². The molecule has 0 fully saturated rings. The van der Waals surface area contributed by atoms with E-state index in [1.165, 1.54) is 22.1 Å². The van der Waals surface area contributed by atoms with Crippen LogP contribution >= 0.6 is 24.0 Å². The van der Waals surface area contributed by atoms with Crippen LogP contribution in [0.2, 0.25) is 0 Å². The first-order chi connectivity index (χ1) is 16.7. The number of nitrogens with two attached hydrogens (primary N) is 3. The molecule has 12 heteroatoms. The molecule has 2 aromatic heterocycles. The second kappa shape index (κ2) is 16.4. The lowest BCUT2D eigenvalue weighted by molar-refractivity contribution is -0.129. The summed E-state index contributed by atoms with van der Waals surface area (Å²) in [6.45, 7) is 1.99. The molecule has 0 aliphatic carbocycles. The van der Waals surface area contributed by atoms with Crippen molar-refractivity contribution >= 4 is 29.9 Å². The van der Waals surface area contributed by atoms with Crippen LogP contribution in [0.5, 0.6) is 11.5 Å². The van der Waals surface area contributed by atoms with Crippen molar-refractivity contribution in [3.05, 3.63) is 72.2 Å². The standard InChI is InChI=1S/C9H7NS2.C9H12O2.C5H13N5O2/c11-9-5-4-8(12-9)7-3-1-2-6-10-7;1-7-4-5-8(10-2)9(6-7)11-3;6-1-4(7)2-10(8)3-5(11)9-12/h1-6,11H;4-6H,1-3H3;2,12H,1,3,6-8H2,(H,9,11)/b;;4-2-. The van der Waals surface area contributed by atoms with E-state index in [1.54, 1.807) is 31.8 Å². The number of thiophene rings is 1. The third-order valence-corrected chi connectivity index (χ3v) is 5.40. The van der Waals surface area contributed by atoms with E-state index in [0.717, 1.165) is 26.4 Å². The van der Waals surface area contributed by atoms with Crippen molar-refractivity contribution in [2.75, 3.05) is 27.3 Å². The molecule has 0 saturated carbocycles. The molecular formula is C23H32N6O4S2. The van der Waals surface area contributed by atoms with E-state index in [1.807, 2.05) is 55.5 Å². The number of benzene rings is 1. The Balaban J connectivity index is 0.000000263. The summed E-state index contributed by atoms with van der Waals surface area (Å²) in [5, 5.41) is 9.14. The van der Waals surface area contributed by atoms with Crippen molar-refractivity contribution in [1.82, 2.24) is 15.5 Å². The number of thiol groups is 1. The molecular weight excluding hydrogens is 488 g/mol.